The number of carbonyl (C=O) groups excluding carboxylic acids is 1. The third kappa shape index (κ3) is 4.35. The van der Waals surface area contributed by atoms with Gasteiger partial charge in [0.2, 0.25) is 0 Å². The van der Waals surface area contributed by atoms with E-state index in [9.17, 15) is 13.2 Å². The fourth-order valence-electron chi connectivity index (χ4n) is 3.85. The number of rotatable bonds is 4. The molecule has 160 valence electrons. The molecule has 0 unspecified atom stereocenters. The lowest BCUT2D eigenvalue weighted by Crippen LogP contribution is -2.35. The van der Waals surface area contributed by atoms with E-state index in [0.29, 0.717) is 17.8 Å². The molecule has 0 radical (unpaired) electrons. The number of nitrogens with zero attached hydrogens (tertiary/aromatic N) is 1. The van der Waals surface area contributed by atoms with E-state index in [0.717, 1.165) is 40.8 Å². The van der Waals surface area contributed by atoms with E-state index in [1.165, 1.54) is 0 Å². The second kappa shape index (κ2) is 8.19. The first-order valence-electron chi connectivity index (χ1n) is 10.4. The van der Waals surface area contributed by atoms with Gasteiger partial charge in [-0.05, 0) is 86.7 Å². The highest BCUT2D eigenvalue weighted by Crippen LogP contribution is 2.31. The van der Waals surface area contributed by atoms with Crippen molar-refractivity contribution < 1.29 is 13.2 Å². The molecule has 1 N–H and O–H groups in total. The molecular formula is C25H26N2O3S. The van der Waals surface area contributed by atoms with Crippen molar-refractivity contribution in [3.8, 4) is 0 Å². The van der Waals surface area contributed by atoms with E-state index < -0.39 is 10.0 Å². The zero-order valence-corrected chi connectivity index (χ0v) is 18.8. The van der Waals surface area contributed by atoms with Gasteiger partial charge < -0.3 is 4.90 Å². The van der Waals surface area contributed by atoms with Gasteiger partial charge in [-0.2, -0.15) is 0 Å². The molecule has 1 heterocycles. The van der Waals surface area contributed by atoms with Crippen LogP contribution < -0.4 is 9.62 Å². The molecule has 4 rings (SSSR count). The number of benzene rings is 3. The van der Waals surface area contributed by atoms with E-state index in [-0.39, 0.29) is 10.8 Å². The van der Waals surface area contributed by atoms with Gasteiger partial charge in [-0.1, -0.05) is 29.8 Å². The zero-order chi connectivity index (χ0) is 22.2. The molecule has 0 spiro atoms. The molecule has 31 heavy (non-hydrogen) atoms. The monoisotopic (exact) mass is 434 g/mol. The van der Waals surface area contributed by atoms with Crippen LogP contribution in [0, 0.1) is 20.8 Å². The minimum Gasteiger partial charge on any atom is -0.308 e. The molecule has 0 saturated carbocycles. The summed E-state index contributed by atoms with van der Waals surface area (Å²) < 4.78 is 28.8. The summed E-state index contributed by atoms with van der Waals surface area (Å²) in [6.07, 6.45) is 1.53. The zero-order valence-electron chi connectivity index (χ0n) is 18.0. The molecule has 3 aromatic rings. The Balaban J connectivity index is 1.64. The lowest BCUT2D eigenvalue weighted by Gasteiger charge is -2.30. The molecule has 0 bridgehead atoms. The molecule has 3 aromatic carbocycles. The van der Waals surface area contributed by atoms with Gasteiger partial charge in [0, 0.05) is 17.8 Å². The van der Waals surface area contributed by atoms with Crippen molar-refractivity contribution in [1.82, 2.24) is 0 Å². The summed E-state index contributed by atoms with van der Waals surface area (Å²) in [5.74, 6) is -0.0648. The van der Waals surface area contributed by atoms with E-state index in [4.69, 9.17) is 0 Å². The van der Waals surface area contributed by atoms with Gasteiger partial charge in [0.05, 0.1) is 10.6 Å². The molecule has 0 saturated heterocycles. The van der Waals surface area contributed by atoms with Gasteiger partial charge in [-0.15, -0.1) is 0 Å². The van der Waals surface area contributed by atoms with Crippen LogP contribution in [0.1, 0.15) is 39.0 Å². The average molecular weight is 435 g/mol. The first-order valence-corrected chi connectivity index (χ1v) is 11.8. The second-order valence-electron chi connectivity index (χ2n) is 8.14. The predicted molar refractivity (Wildman–Crippen MR) is 124 cm³/mol. The molecular weight excluding hydrogens is 408 g/mol. The van der Waals surface area contributed by atoms with Crippen LogP contribution in [0.15, 0.2) is 65.6 Å². The van der Waals surface area contributed by atoms with Crippen LogP contribution in [-0.4, -0.2) is 20.9 Å². The fraction of sp³-hybridized carbons (Fsp3) is 0.240. The topological polar surface area (TPSA) is 66.5 Å². The molecule has 1 aliphatic rings. The van der Waals surface area contributed by atoms with E-state index in [2.05, 4.69) is 4.72 Å². The van der Waals surface area contributed by atoms with Crippen LogP contribution in [0.3, 0.4) is 0 Å². The Morgan fingerprint density at radius 2 is 1.61 bits per heavy atom. The lowest BCUT2D eigenvalue weighted by atomic mass is 10.0. The maximum Gasteiger partial charge on any atom is 0.261 e. The lowest BCUT2D eigenvalue weighted by molar-refractivity contribution is 0.0985. The normalized spacial score (nSPS) is 13.6. The van der Waals surface area contributed by atoms with Crippen molar-refractivity contribution in [3.05, 3.63) is 88.5 Å². The molecule has 6 heteroatoms. The molecule has 5 nitrogen and oxygen atoms in total. The summed E-state index contributed by atoms with van der Waals surface area (Å²) in [4.78, 5) is 15.0. The quantitative estimate of drug-likeness (QED) is 0.628. The van der Waals surface area contributed by atoms with Gasteiger partial charge >= 0.3 is 0 Å². The Hall–Kier alpha value is -3.12. The highest BCUT2D eigenvalue weighted by atomic mass is 32.2. The average Bonchev–Trinajstić information content (AvgIpc) is 2.75. The smallest absolute Gasteiger partial charge is 0.261 e. The number of carbonyl (C=O) groups is 1. The van der Waals surface area contributed by atoms with Crippen molar-refractivity contribution in [2.24, 2.45) is 0 Å². The van der Waals surface area contributed by atoms with Crippen molar-refractivity contribution in [1.29, 1.82) is 0 Å². The molecule has 0 aliphatic carbocycles. The maximum absolute atomic E-state index is 13.1. The summed E-state index contributed by atoms with van der Waals surface area (Å²) in [5, 5.41) is 0. The Morgan fingerprint density at radius 3 is 2.35 bits per heavy atom. The largest absolute Gasteiger partial charge is 0.308 e. The van der Waals surface area contributed by atoms with Gasteiger partial charge in [-0.3, -0.25) is 9.52 Å². The van der Waals surface area contributed by atoms with Crippen LogP contribution in [0.5, 0.6) is 0 Å². The summed E-state index contributed by atoms with van der Waals surface area (Å²) >= 11 is 0. The van der Waals surface area contributed by atoms with Crippen molar-refractivity contribution in [2.45, 2.75) is 38.5 Å². The summed E-state index contributed by atoms with van der Waals surface area (Å²) in [6.45, 7) is 6.40. The van der Waals surface area contributed by atoms with Crippen LogP contribution in [0.25, 0.3) is 0 Å². The fourth-order valence-corrected chi connectivity index (χ4v) is 5.02. The Kier molecular flexibility index (Phi) is 5.58. The maximum atomic E-state index is 13.1. The molecule has 0 atom stereocenters. The third-order valence-electron chi connectivity index (χ3n) is 5.66. The number of nitrogens with one attached hydrogen (secondary N) is 1. The van der Waals surface area contributed by atoms with Gasteiger partial charge in [0.25, 0.3) is 15.9 Å². The van der Waals surface area contributed by atoms with Crippen LogP contribution in [-0.2, 0) is 16.4 Å². The highest BCUT2D eigenvalue weighted by molar-refractivity contribution is 7.92. The number of aryl methyl sites for hydroxylation is 4. The standard InChI is InChI=1S/C25H26N2O3S/c1-17-7-10-20(11-8-17)25(28)27-14-4-5-21-16-22(12-13-24(21)27)31(29,30)26-23-15-18(2)6-9-19(23)3/h6-13,15-16,26H,4-5,14H2,1-3H3. The van der Waals surface area contributed by atoms with Crippen LogP contribution >= 0.6 is 0 Å². The van der Waals surface area contributed by atoms with E-state index >= 15 is 0 Å². The SMILES string of the molecule is Cc1ccc(C(=O)N2CCCc3cc(S(=O)(=O)Nc4cc(C)ccc4C)ccc32)cc1. The summed E-state index contributed by atoms with van der Waals surface area (Å²) in [7, 11) is -3.73. The number of fused-ring (bicyclic) bond motifs is 1. The number of anilines is 2. The third-order valence-corrected chi connectivity index (χ3v) is 7.02. The van der Waals surface area contributed by atoms with Crippen molar-refractivity contribution >= 4 is 27.3 Å². The number of hydrogen-bond acceptors (Lipinski definition) is 3. The molecule has 0 aromatic heterocycles. The molecule has 0 fully saturated rings. The number of hydrogen-bond donors (Lipinski definition) is 1. The minimum atomic E-state index is -3.73. The van der Waals surface area contributed by atoms with Crippen LogP contribution in [0.2, 0.25) is 0 Å². The molecule has 1 amide bonds. The van der Waals surface area contributed by atoms with E-state index in [1.807, 2.05) is 63.2 Å². The summed E-state index contributed by atoms with van der Waals surface area (Å²) in [5.41, 5.74) is 5.81. The Labute approximate surface area is 183 Å². The summed E-state index contributed by atoms with van der Waals surface area (Å²) in [6, 6.07) is 18.2. The van der Waals surface area contributed by atoms with Crippen LogP contribution in [0.4, 0.5) is 11.4 Å². The van der Waals surface area contributed by atoms with Gasteiger partial charge in [-0.25, -0.2) is 8.42 Å². The first kappa shape index (κ1) is 21.1. The highest BCUT2D eigenvalue weighted by Gasteiger charge is 2.26. The Bertz CT molecular complexity index is 1250. The second-order valence-corrected chi connectivity index (χ2v) is 9.82. The predicted octanol–water partition coefficient (Wildman–Crippen LogP) is 5.01. The molecule has 1 aliphatic heterocycles. The Morgan fingerprint density at radius 1 is 0.903 bits per heavy atom. The van der Waals surface area contributed by atoms with Crippen molar-refractivity contribution in [3.63, 3.8) is 0 Å². The van der Waals surface area contributed by atoms with Crippen molar-refractivity contribution in [2.75, 3.05) is 16.2 Å². The van der Waals surface area contributed by atoms with E-state index in [1.54, 1.807) is 23.1 Å². The number of amides is 1. The minimum absolute atomic E-state index is 0.0648. The van der Waals surface area contributed by atoms with Gasteiger partial charge in [0.15, 0.2) is 0 Å². The van der Waals surface area contributed by atoms with Gasteiger partial charge in [0.1, 0.15) is 0 Å². The first-order chi connectivity index (χ1) is 14.7. The number of sulfonamides is 1.